The van der Waals surface area contributed by atoms with E-state index >= 15 is 0 Å². The minimum absolute atomic E-state index is 0.0246. The van der Waals surface area contributed by atoms with Gasteiger partial charge in [-0.15, -0.1) is 0 Å². The second kappa shape index (κ2) is 6.66. The van der Waals surface area contributed by atoms with Crippen molar-refractivity contribution >= 4 is 22.0 Å². The number of benzene rings is 2. The van der Waals surface area contributed by atoms with Crippen molar-refractivity contribution in [3.63, 3.8) is 0 Å². The second-order valence-corrected chi connectivity index (χ2v) is 6.64. The smallest absolute Gasteiger partial charge is 0.349 e. The molecule has 9 heteroatoms. The van der Waals surface area contributed by atoms with Crippen molar-refractivity contribution in [1.82, 2.24) is 19.7 Å². The van der Waals surface area contributed by atoms with E-state index in [4.69, 9.17) is 8.94 Å². The highest BCUT2D eigenvalue weighted by Crippen LogP contribution is 2.24. The summed E-state index contributed by atoms with van der Waals surface area (Å²) in [5.74, 6) is 0.256. The highest BCUT2D eigenvalue weighted by molar-refractivity contribution is 5.81. The number of aryl methyl sites for hydroxylation is 1. The number of hydrogen-bond acceptors (Lipinski definition) is 7. The van der Waals surface area contributed by atoms with Crippen molar-refractivity contribution in [1.29, 1.82) is 0 Å². The molecule has 0 fully saturated rings. The van der Waals surface area contributed by atoms with Gasteiger partial charge in [-0.1, -0.05) is 23.4 Å². The van der Waals surface area contributed by atoms with Crippen molar-refractivity contribution in [3.8, 4) is 22.8 Å². The first-order valence-corrected chi connectivity index (χ1v) is 9.19. The largest absolute Gasteiger partial charge is 0.422 e. The fourth-order valence-corrected chi connectivity index (χ4v) is 3.39. The summed E-state index contributed by atoms with van der Waals surface area (Å²) in [6, 6.07) is 13.8. The molecule has 0 saturated carbocycles. The van der Waals surface area contributed by atoms with Crippen LogP contribution in [0.3, 0.4) is 0 Å². The van der Waals surface area contributed by atoms with Gasteiger partial charge >= 0.3 is 16.7 Å². The maximum atomic E-state index is 12.3. The topological polar surface area (TPSA) is 124 Å². The number of rotatable bonds is 3. The molecule has 0 aliphatic rings. The van der Waals surface area contributed by atoms with Crippen molar-refractivity contribution < 1.29 is 8.94 Å². The van der Waals surface area contributed by atoms with E-state index in [9.17, 15) is 14.4 Å². The zero-order valence-electron chi connectivity index (χ0n) is 15.7. The fraction of sp³-hybridized carbons (Fsp3) is 0.0952. The summed E-state index contributed by atoms with van der Waals surface area (Å²) in [5, 5.41) is 4.68. The summed E-state index contributed by atoms with van der Waals surface area (Å²) in [7, 11) is 0. The van der Waals surface area contributed by atoms with Gasteiger partial charge in [0.15, 0.2) is 0 Å². The second-order valence-electron chi connectivity index (χ2n) is 6.64. The van der Waals surface area contributed by atoms with Crippen LogP contribution in [0.4, 0.5) is 0 Å². The maximum absolute atomic E-state index is 12.3. The number of hydrogen-bond donors (Lipinski definition) is 1. The van der Waals surface area contributed by atoms with Crippen LogP contribution in [0.15, 0.2) is 71.9 Å². The van der Waals surface area contributed by atoms with Crippen molar-refractivity contribution in [2.24, 2.45) is 0 Å². The first-order chi connectivity index (χ1) is 14.5. The van der Waals surface area contributed by atoms with Crippen molar-refractivity contribution in [3.05, 3.63) is 79.7 Å². The van der Waals surface area contributed by atoms with Gasteiger partial charge in [-0.05, 0) is 37.3 Å². The summed E-state index contributed by atoms with van der Waals surface area (Å²) in [4.78, 5) is 43.1. The molecule has 0 saturated heterocycles. The molecule has 0 bridgehead atoms. The average molecular weight is 402 g/mol. The molecule has 0 atom stereocenters. The first kappa shape index (κ1) is 17.8. The van der Waals surface area contributed by atoms with Gasteiger partial charge < -0.3 is 18.5 Å². The minimum atomic E-state index is -0.705. The third kappa shape index (κ3) is 2.75. The zero-order chi connectivity index (χ0) is 20.8. The van der Waals surface area contributed by atoms with E-state index in [0.29, 0.717) is 28.7 Å². The van der Waals surface area contributed by atoms with Crippen LogP contribution >= 0.6 is 0 Å². The number of nitrogens with one attached hydrogen (secondary N) is 1. The lowest BCUT2D eigenvalue weighted by Crippen LogP contribution is -2.35. The van der Waals surface area contributed by atoms with Crippen molar-refractivity contribution in [2.75, 3.05) is 0 Å². The molecule has 3 aromatic heterocycles. The molecule has 5 rings (SSSR count). The number of H-pyrrole nitrogens is 1. The molecule has 3 heterocycles. The summed E-state index contributed by atoms with van der Waals surface area (Å²) < 4.78 is 12.0. The van der Waals surface area contributed by atoms with E-state index < -0.39 is 16.7 Å². The Morgan fingerprint density at radius 3 is 2.73 bits per heavy atom. The summed E-state index contributed by atoms with van der Waals surface area (Å²) in [5.41, 5.74) is 0.332. The number of aromatic nitrogens is 4. The van der Waals surface area contributed by atoms with Crippen LogP contribution in [-0.4, -0.2) is 19.7 Å². The Morgan fingerprint density at radius 2 is 1.90 bits per heavy atom. The summed E-state index contributed by atoms with van der Waals surface area (Å²) in [6.07, 6.45) is 0. The lowest BCUT2D eigenvalue weighted by molar-refractivity contribution is 0.429. The third-order valence-corrected chi connectivity index (χ3v) is 4.85. The van der Waals surface area contributed by atoms with Crippen LogP contribution in [0, 0.1) is 0 Å². The van der Waals surface area contributed by atoms with Crippen LogP contribution in [0.2, 0.25) is 0 Å². The molecule has 2 aromatic carbocycles. The normalized spacial score (nSPS) is 11.4. The third-order valence-electron chi connectivity index (χ3n) is 4.85. The molecule has 0 amide bonds. The van der Waals surface area contributed by atoms with E-state index in [1.54, 1.807) is 43.3 Å². The van der Waals surface area contributed by atoms with Crippen molar-refractivity contribution in [2.45, 2.75) is 13.5 Å². The Morgan fingerprint density at radius 1 is 1.07 bits per heavy atom. The molecule has 1 N–H and O–H groups in total. The van der Waals surface area contributed by atoms with Crippen LogP contribution in [0.25, 0.3) is 44.8 Å². The van der Waals surface area contributed by atoms with Gasteiger partial charge in [0, 0.05) is 17.5 Å². The first-order valence-electron chi connectivity index (χ1n) is 9.19. The molecule has 0 spiro atoms. The fourth-order valence-electron chi connectivity index (χ4n) is 3.39. The molecular formula is C21H14N4O5. The average Bonchev–Trinajstić information content (AvgIpc) is 3.24. The molecule has 0 aliphatic heterocycles. The molecule has 5 aromatic rings. The Kier molecular flexibility index (Phi) is 3.95. The monoisotopic (exact) mass is 402 g/mol. The Labute approximate surface area is 167 Å². The van der Waals surface area contributed by atoms with Gasteiger partial charge in [-0.25, -0.2) is 4.79 Å². The highest BCUT2D eigenvalue weighted by atomic mass is 16.5. The Balaban J connectivity index is 1.62. The van der Waals surface area contributed by atoms with E-state index in [1.165, 1.54) is 4.57 Å². The van der Waals surface area contributed by atoms with E-state index in [-0.39, 0.29) is 17.3 Å². The van der Waals surface area contributed by atoms with E-state index in [2.05, 4.69) is 15.1 Å². The molecule has 0 radical (unpaired) electrons. The van der Waals surface area contributed by atoms with Gasteiger partial charge in [0.25, 0.3) is 5.89 Å². The van der Waals surface area contributed by atoms with E-state index in [1.807, 2.05) is 12.1 Å². The standard InChI is InChI=1S/C21H14N4O5/c1-2-25-15-8-7-12(10-14(15)22-18(26)20(25)27)17-23-19(30-24-17)13-9-11-5-3-4-6-16(11)29-21(13)28/h3-10H,2H2,1H3,(H,22,26). The van der Waals surface area contributed by atoms with Crippen LogP contribution < -0.4 is 16.7 Å². The molecule has 0 unspecified atom stereocenters. The summed E-state index contributed by atoms with van der Waals surface area (Å²) in [6.45, 7) is 2.15. The highest BCUT2D eigenvalue weighted by Gasteiger charge is 2.17. The predicted octanol–water partition coefficient (Wildman–Crippen LogP) is 2.53. The SMILES string of the molecule is CCn1c(=O)c(=O)[nH]c2cc(-c3noc(-c4cc5ccccc5oc4=O)n3)ccc21. The van der Waals surface area contributed by atoms with Gasteiger partial charge in [0.2, 0.25) is 5.82 Å². The van der Waals surface area contributed by atoms with Gasteiger partial charge in [-0.2, -0.15) is 4.98 Å². The van der Waals surface area contributed by atoms with Gasteiger partial charge in [-0.3, -0.25) is 9.59 Å². The van der Waals surface area contributed by atoms with Gasteiger partial charge in [0.05, 0.1) is 11.0 Å². The van der Waals surface area contributed by atoms with Crippen LogP contribution in [-0.2, 0) is 6.54 Å². The number of fused-ring (bicyclic) bond motifs is 2. The van der Waals surface area contributed by atoms with Crippen LogP contribution in [0.5, 0.6) is 0 Å². The van der Waals surface area contributed by atoms with E-state index in [0.717, 1.165) is 5.39 Å². The van der Waals surface area contributed by atoms with Gasteiger partial charge in [0.1, 0.15) is 11.1 Å². The quantitative estimate of drug-likeness (QED) is 0.363. The molecule has 30 heavy (non-hydrogen) atoms. The summed E-state index contributed by atoms with van der Waals surface area (Å²) >= 11 is 0. The molecule has 148 valence electrons. The number of nitrogens with zero attached hydrogens (tertiary/aromatic N) is 3. The lowest BCUT2D eigenvalue weighted by atomic mass is 10.1. The number of aromatic amines is 1. The zero-order valence-corrected chi connectivity index (χ0v) is 15.7. The maximum Gasteiger partial charge on any atom is 0.349 e. The molecule has 9 nitrogen and oxygen atoms in total. The Hall–Kier alpha value is -4.27. The molecular weight excluding hydrogens is 388 g/mol. The van der Waals surface area contributed by atoms with Crippen LogP contribution in [0.1, 0.15) is 6.92 Å². The predicted molar refractivity (Wildman–Crippen MR) is 109 cm³/mol. The Bertz CT molecular complexity index is 1610. The number of para-hydroxylation sites is 1. The lowest BCUT2D eigenvalue weighted by Gasteiger charge is -2.07. The minimum Gasteiger partial charge on any atom is -0.422 e. The molecule has 0 aliphatic carbocycles.